The van der Waals surface area contributed by atoms with Crippen molar-refractivity contribution in [2.24, 2.45) is 0 Å². The number of nitrogens with one attached hydrogen (secondary N) is 1. The summed E-state index contributed by atoms with van der Waals surface area (Å²) in [6, 6.07) is 21.5. The summed E-state index contributed by atoms with van der Waals surface area (Å²) < 4.78 is 18.8. The van der Waals surface area contributed by atoms with Crippen molar-refractivity contribution in [3.05, 3.63) is 95.3 Å². The minimum absolute atomic E-state index is 0.0383. The van der Waals surface area contributed by atoms with Crippen LogP contribution in [0.2, 0.25) is 0 Å². The highest BCUT2D eigenvalue weighted by Crippen LogP contribution is 2.28. The van der Waals surface area contributed by atoms with E-state index in [9.17, 15) is 9.18 Å². The number of Topliss-reactive ketones (excluding diaryl/α,β-unsaturated/α-hetero) is 1. The van der Waals surface area contributed by atoms with Crippen LogP contribution in [-0.2, 0) is 5.41 Å². The molecule has 0 saturated heterocycles. The first-order chi connectivity index (χ1) is 14.8. The van der Waals surface area contributed by atoms with Crippen LogP contribution in [0, 0.1) is 5.82 Å². The molecule has 3 aromatic rings. The van der Waals surface area contributed by atoms with Crippen molar-refractivity contribution < 1.29 is 13.9 Å². The van der Waals surface area contributed by atoms with Gasteiger partial charge >= 0.3 is 0 Å². The Morgan fingerprint density at radius 2 is 1.55 bits per heavy atom. The molecule has 0 amide bonds. The molecule has 0 saturated carbocycles. The van der Waals surface area contributed by atoms with Crippen LogP contribution < -0.4 is 10.1 Å². The van der Waals surface area contributed by atoms with Gasteiger partial charge in [0.05, 0.1) is 12.6 Å². The molecule has 0 unspecified atom stereocenters. The number of anilines is 1. The Bertz CT molecular complexity index is 987. The molecule has 0 radical (unpaired) electrons. The highest BCUT2D eigenvalue weighted by Gasteiger charge is 2.19. The predicted octanol–water partition coefficient (Wildman–Crippen LogP) is 6.95. The number of rotatable bonds is 8. The largest absolute Gasteiger partial charge is 0.494 e. The van der Waals surface area contributed by atoms with E-state index in [2.05, 4.69) is 26.1 Å². The van der Waals surface area contributed by atoms with E-state index < -0.39 is 0 Å². The molecule has 0 aliphatic carbocycles. The van der Waals surface area contributed by atoms with Crippen LogP contribution in [0.25, 0.3) is 0 Å². The second-order valence-electron chi connectivity index (χ2n) is 8.66. The fourth-order valence-corrected chi connectivity index (χ4v) is 3.42. The Balaban J connectivity index is 1.82. The Morgan fingerprint density at radius 3 is 2.10 bits per heavy atom. The highest BCUT2D eigenvalue weighted by molar-refractivity contribution is 5.96. The van der Waals surface area contributed by atoms with Crippen LogP contribution in [-0.4, -0.2) is 12.4 Å². The van der Waals surface area contributed by atoms with Gasteiger partial charge in [0.1, 0.15) is 11.6 Å². The van der Waals surface area contributed by atoms with Gasteiger partial charge in [-0.1, -0.05) is 57.2 Å². The number of hydrogen-bond donors (Lipinski definition) is 1. The molecule has 3 nitrogen and oxygen atoms in total. The molecule has 0 aliphatic heterocycles. The first-order valence-electron chi connectivity index (χ1n) is 10.6. The average Bonchev–Trinajstić information content (AvgIpc) is 2.75. The standard InChI is InChI=1S/C27H30FNO2/c1-5-31-24-16-8-19(9-17-24)25(29-23-14-12-22(28)13-15-23)18-26(30)20-6-10-21(11-7-20)27(2,3)4/h6-17,25,29H,5,18H2,1-4H3/t25-/m1/s1. The molecule has 0 spiro atoms. The summed E-state index contributed by atoms with van der Waals surface area (Å²) in [5.41, 5.74) is 3.64. The van der Waals surface area contributed by atoms with Crippen LogP contribution >= 0.6 is 0 Å². The fraction of sp³-hybridized carbons (Fsp3) is 0.296. The van der Waals surface area contributed by atoms with Crippen molar-refractivity contribution in [2.75, 3.05) is 11.9 Å². The number of halogens is 1. The average molecular weight is 420 g/mol. The van der Waals surface area contributed by atoms with Crippen LogP contribution in [0.5, 0.6) is 5.75 Å². The molecule has 3 rings (SSSR count). The van der Waals surface area contributed by atoms with Crippen LogP contribution in [0.15, 0.2) is 72.8 Å². The van der Waals surface area contributed by atoms with Gasteiger partial charge in [0.2, 0.25) is 0 Å². The summed E-state index contributed by atoms with van der Waals surface area (Å²) in [5, 5.41) is 3.38. The zero-order valence-electron chi connectivity index (χ0n) is 18.6. The van der Waals surface area contributed by atoms with Crippen molar-refractivity contribution in [2.45, 2.75) is 45.6 Å². The maximum absolute atomic E-state index is 13.3. The molecule has 0 aliphatic rings. The van der Waals surface area contributed by atoms with Gasteiger partial charge in [0.15, 0.2) is 5.78 Å². The molecular formula is C27H30FNO2. The third-order valence-corrected chi connectivity index (χ3v) is 5.24. The van der Waals surface area contributed by atoms with Gasteiger partial charge in [-0.3, -0.25) is 4.79 Å². The highest BCUT2D eigenvalue weighted by atomic mass is 19.1. The first-order valence-corrected chi connectivity index (χ1v) is 10.6. The summed E-state index contributed by atoms with van der Waals surface area (Å²) in [6.07, 6.45) is 0.278. The molecule has 1 atom stereocenters. The van der Waals surface area contributed by atoms with Crippen LogP contribution in [0.3, 0.4) is 0 Å². The van der Waals surface area contributed by atoms with Crippen LogP contribution in [0.4, 0.5) is 10.1 Å². The lowest BCUT2D eigenvalue weighted by Crippen LogP contribution is -2.16. The Labute approximate surface area is 184 Å². The van der Waals surface area contributed by atoms with Crippen molar-refractivity contribution >= 4 is 11.5 Å². The van der Waals surface area contributed by atoms with E-state index in [1.807, 2.05) is 55.5 Å². The van der Waals surface area contributed by atoms with E-state index in [-0.39, 0.29) is 29.5 Å². The molecule has 0 bridgehead atoms. The van der Waals surface area contributed by atoms with E-state index in [1.54, 1.807) is 12.1 Å². The van der Waals surface area contributed by atoms with E-state index >= 15 is 0 Å². The summed E-state index contributed by atoms with van der Waals surface area (Å²) in [6.45, 7) is 8.99. The van der Waals surface area contributed by atoms with Crippen molar-refractivity contribution in [1.29, 1.82) is 0 Å². The SMILES string of the molecule is CCOc1ccc([C@@H](CC(=O)c2ccc(C(C)(C)C)cc2)Nc2ccc(F)cc2)cc1. The van der Waals surface area contributed by atoms with Gasteiger partial charge in [-0.05, 0) is 59.9 Å². The first kappa shape index (κ1) is 22.5. The lowest BCUT2D eigenvalue weighted by atomic mass is 9.86. The van der Waals surface area contributed by atoms with E-state index in [0.717, 1.165) is 17.0 Å². The molecule has 0 heterocycles. The van der Waals surface area contributed by atoms with Gasteiger partial charge in [-0.25, -0.2) is 4.39 Å². The number of carbonyl (C=O) groups is 1. The van der Waals surface area contributed by atoms with Gasteiger partial charge in [-0.15, -0.1) is 0 Å². The van der Waals surface area contributed by atoms with Crippen LogP contribution in [0.1, 0.15) is 61.6 Å². The van der Waals surface area contributed by atoms with Gasteiger partial charge in [0, 0.05) is 17.7 Å². The van der Waals surface area contributed by atoms with Gasteiger partial charge in [0.25, 0.3) is 0 Å². The minimum atomic E-state index is -0.293. The molecule has 31 heavy (non-hydrogen) atoms. The summed E-state index contributed by atoms with van der Waals surface area (Å²) in [7, 11) is 0. The van der Waals surface area contributed by atoms with Crippen molar-refractivity contribution in [3.8, 4) is 5.75 Å². The number of hydrogen-bond acceptors (Lipinski definition) is 3. The molecule has 3 aromatic carbocycles. The van der Waals surface area contributed by atoms with E-state index in [1.165, 1.54) is 17.7 Å². The number of ketones is 1. The number of carbonyl (C=O) groups excluding carboxylic acids is 1. The zero-order chi connectivity index (χ0) is 22.4. The molecule has 1 N–H and O–H groups in total. The fourth-order valence-electron chi connectivity index (χ4n) is 3.42. The van der Waals surface area contributed by atoms with Crippen molar-refractivity contribution in [1.82, 2.24) is 0 Å². The third kappa shape index (κ3) is 6.17. The molecule has 4 heteroatoms. The second-order valence-corrected chi connectivity index (χ2v) is 8.66. The van der Waals surface area contributed by atoms with E-state index in [0.29, 0.717) is 12.2 Å². The van der Waals surface area contributed by atoms with Gasteiger partial charge in [-0.2, -0.15) is 0 Å². The molecule has 0 fully saturated rings. The van der Waals surface area contributed by atoms with Crippen molar-refractivity contribution in [3.63, 3.8) is 0 Å². The van der Waals surface area contributed by atoms with Gasteiger partial charge < -0.3 is 10.1 Å². The van der Waals surface area contributed by atoms with E-state index in [4.69, 9.17) is 4.74 Å². The maximum atomic E-state index is 13.3. The topological polar surface area (TPSA) is 38.3 Å². The summed E-state index contributed by atoms with van der Waals surface area (Å²) in [4.78, 5) is 13.1. The summed E-state index contributed by atoms with van der Waals surface area (Å²) in [5.74, 6) is 0.544. The quantitative estimate of drug-likeness (QED) is 0.402. The summed E-state index contributed by atoms with van der Waals surface area (Å²) >= 11 is 0. The predicted molar refractivity (Wildman–Crippen MR) is 124 cm³/mol. The Morgan fingerprint density at radius 1 is 0.935 bits per heavy atom. The monoisotopic (exact) mass is 419 g/mol. The molecule has 0 aromatic heterocycles. The maximum Gasteiger partial charge on any atom is 0.165 e. The lowest BCUT2D eigenvalue weighted by molar-refractivity contribution is 0.0976. The smallest absolute Gasteiger partial charge is 0.165 e. The lowest BCUT2D eigenvalue weighted by Gasteiger charge is -2.21. The number of benzene rings is 3. The second kappa shape index (κ2) is 9.78. The molecule has 162 valence electrons. The Kier molecular flexibility index (Phi) is 7.11. The zero-order valence-corrected chi connectivity index (χ0v) is 18.6. The molecular weight excluding hydrogens is 389 g/mol. The number of ether oxygens (including phenoxy) is 1. The Hall–Kier alpha value is -3.14. The third-order valence-electron chi connectivity index (χ3n) is 5.24. The normalized spacial score (nSPS) is 12.3. The minimum Gasteiger partial charge on any atom is -0.494 e.